The van der Waals surface area contributed by atoms with Crippen LogP contribution in [0.25, 0.3) is 0 Å². The molecule has 0 saturated carbocycles. The van der Waals surface area contributed by atoms with Crippen LogP contribution in [0.4, 0.5) is 5.69 Å². The summed E-state index contributed by atoms with van der Waals surface area (Å²) in [5.74, 6) is 0.282. The summed E-state index contributed by atoms with van der Waals surface area (Å²) in [5, 5.41) is 12.5. The summed E-state index contributed by atoms with van der Waals surface area (Å²) in [5.41, 5.74) is 1.10. The molecule has 0 aliphatic carbocycles. The molecule has 18 heavy (non-hydrogen) atoms. The Balaban J connectivity index is 2.67. The van der Waals surface area contributed by atoms with Gasteiger partial charge in [-0.2, -0.15) is 11.8 Å². The molecule has 3 nitrogen and oxygen atoms in total. The third-order valence-electron chi connectivity index (χ3n) is 2.55. The highest BCUT2D eigenvalue weighted by atomic mass is 32.2. The van der Waals surface area contributed by atoms with Gasteiger partial charge in [-0.1, -0.05) is 6.07 Å². The number of unbranched alkanes of at least 4 members (excludes halogenated alkanes) is 1. The van der Waals surface area contributed by atoms with Crippen molar-refractivity contribution < 1.29 is 9.90 Å². The van der Waals surface area contributed by atoms with Crippen molar-refractivity contribution in [3.8, 4) is 0 Å². The molecule has 0 amide bonds. The summed E-state index contributed by atoms with van der Waals surface area (Å²) in [6.07, 6.45) is 6.20. The van der Waals surface area contributed by atoms with Gasteiger partial charge in [0.2, 0.25) is 0 Å². The number of carboxylic acids is 1. The van der Waals surface area contributed by atoms with Crippen LogP contribution in [0, 0.1) is 0 Å². The van der Waals surface area contributed by atoms with Gasteiger partial charge in [-0.25, -0.2) is 4.79 Å². The molecule has 0 aliphatic rings. The van der Waals surface area contributed by atoms with Crippen LogP contribution in [0.2, 0.25) is 0 Å². The molecule has 2 N–H and O–H groups in total. The van der Waals surface area contributed by atoms with Gasteiger partial charge in [0.15, 0.2) is 0 Å². The minimum atomic E-state index is -0.869. The first-order valence-corrected chi connectivity index (χ1v) is 8.45. The van der Waals surface area contributed by atoms with E-state index >= 15 is 0 Å². The molecule has 0 bridgehead atoms. The second kappa shape index (κ2) is 8.32. The molecule has 5 heteroatoms. The lowest BCUT2D eigenvalue weighted by molar-refractivity contribution is 0.0694. The quantitative estimate of drug-likeness (QED) is 0.564. The Kier molecular flexibility index (Phi) is 7.05. The summed E-state index contributed by atoms with van der Waals surface area (Å²) in [6.45, 7) is 0.818. The highest BCUT2D eigenvalue weighted by Crippen LogP contribution is 2.27. The molecule has 1 aromatic carbocycles. The zero-order chi connectivity index (χ0) is 13.4. The third kappa shape index (κ3) is 4.46. The lowest BCUT2D eigenvalue weighted by atomic mass is 10.1. The number of benzene rings is 1. The maximum atomic E-state index is 11.3. The van der Waals surface area contributed by atoms with E-state index in [0.717, 1.165) is 35.7 Å². The predicted molar refractivity (Wildman–Crippen MR) is 81.3 cm³/mol. The molecule has 100 valence electrons. The average Bonchev–Trinajstić information content (AvgIpc) is 2.37. The molecule has 1 rings (SSSR count). The molecular weight excluding hydrogens is 266 g/mol. The average molecular weight is 285 g/mol. The van der Waals surface area contributed by atoms with Crippen LogP contribution < -0.4 is 5.32 Å². The summed E-state index contributed by atoms with van der Waals surface area (Å²) in [6, 6.07) is 5.56. The Labute approximate surface area is 117 Å². The molecule has 1 aromatic rings. The Morgan fingerprint density at radius 3 is 2.72 bits per heavy atom. The van der Waals surface area contributed by atoms with Gasteiger partial charge in [-0.15, -0.1) is 11.8 Å². The van der Waals surface area contributed by atoms with Crippen LogP contribution in [-0.4, -0.2) is 35.9 Å². The van der Waals surface area contributed by atoms with Crippen LogP contribution in [0.5, 0.6) is 0 Å². The highest BCUT2D eigenvalue weighted by molar-refractivity contribution is 7.98. The van der Waals surface area contributed by atoms with Crippen LogP contribution in [0.15, 0.2) is 23.1 Å². The van der Waals surface area contributed by atoms with Crippen molar-refractivity contribution >= 4 is 35.2 Å². The molecule has 0 aromatic heterocycles. The highest BCUT2D eigenvalue weighted by Gasteiger charge is 2.14. The first kappa shape index (κ1) is 15.2. The normalized spacial score (nSPS) is 10.3. The second-order valence-corrected chi connectivity index (χ2v) is 5.65. The number of rotatable bonds is 8. The van der Waals surface area contributed by atoms with E-state index in [4.69, 9.17) is 0 Å². The van der Waals surface area contributed by atoms with Crippen molar-refractivity contribution in [3.05, 3.63) is 23.8 Å². The molecule has 0 fully saturated rings. The lowest BCUT2D eigenvalue weighted by Gasteiger charge is -2.12. The number of hydrogen-bond acceptors (Lipinski definition) is 4. The second-order valence-electron chi connectivity index (χ2n) is 3.81. The molecule has 0 atom stereocenters. The van der Waals surface area contributed by atoms with E-state index in [1.54, 1.807) is 0 Å². The zero-order valence-electron chi connectivity index (χ0n) is 10.7. The molecule has 0 aliphatic heterocycles. The van der Waals surface area contributed by atoms with Gasteiger partial charge in [0.25, 0.3) is 0 Å². The first-order chi connectivity index (χ1) is 8.70. The SMILES string of the molecule is CSCCCCNc1cccc(SC)c1C(=O)O. The number of aromatic carboxylic acids is 1. The van der Waals surface area contributed by atoms with Gasteiger partial charge in [-0.3, -0.25) is 0 Å². The minimum absolute atomic E-state index is 0.384. The largest absolute Gasteiger partial charge is 0.478 e. The zero-order valence-corrected chi connectivity index (χ0v) is 12.4. The van der Waals surface area contributed by atoms with E-state index in [9.17, 15) is 9.90 Å². The summed E-state index contributed by atoms with van der Waals surface area (Å²) in [4.78, 5) is 12.1. The monoisotopic (exact) mass is 285 g/mol. The third-order valence-corrected chi connectivity index (χ3v) is 4.03. The van der Waals surface area contributed by atoms with E-state index in [1.165, 1.54) is 11.8 Å². The van der Waals surface area contributed by atoms with Crippen molar-refractivity contribution in [3.63, 3.8) is 0 Å². The number of hydrogen-bond donors (Lipinski definition) is 2. The fourth-order valence-electron chi connectivity index (χ4n) is 1.66. The lowest BCUT2D eigenvalue weighted by Crippen LogP contribution is -2.09. The van der Waals surface area contributed by atoms with Gasteiger partial charge in [0.05, 0.1) is 5.56 Å². The van der Waals surface area contributed by atoms with E-state index < -0.39 is 5.97 Å². The van der Waals surface area contributed by atoms with E-state index in [2.05, 4.69) is 11.6 Å². The smallest absolute Gasteiger partial charge is 0.338 e. The van der Waals surface area contributed by atoms with Gasteiger partial charge in [-0.05, 0) is 43.2 Å². The first-order valence-electron chi connectivity index (χ1n) is 5.83. The van der Waals surface area contributed by atoms with Crippen molar-refractivity contribution in [2.24, 2.45) is 0 Å². The van der Waals surface area contributed by atoms with Crippen LogP contribution >= 0.6 is 23.5 Å². The van der Waals surface area contributed by atoms with Crippen molar-refractivity contribution in [2.45, 2.75) is 17.7 Å². The molecule has 0 unspecified atom stereocenters. The van der Waals surface area contributed by atoms with Crippen LogP contribution in [0.1, 0.15) is 23.2 Å². The van der Waals surface area contributed by atoms with E-state index in [-0.39, 0.29) is 0 Å². The van der Waals surface area contributed by atoms with Gasteiger partial charge in [0.1, 0.15) is 0 Å². The number of carboxylic acid groups (broad SMARTS) is 1. The van der Waals surface area contributed by atoms with Crippen molar-refractivity contribution in [1.29, 1.82) is 0 Å². The predicted octanol–water partition coefficient (Wildman–Crippen LogP) is 3.66. The molecule has 0 spiro atoms. The Morgan fingerprint density at radius 1 is 1.33 bits per heavy atom. The minimum Gasteiger partial charge on any atom is -0.478 e. The maximum Gasteiger partial charge on any atom is 0.338 e. The fraction of sp³-hybridized carbons (Fsp3) is 0.462. The van der Waals surface area contributed by atoms with Crippen molar-refractivity contribution in [2.75, 3.05) is 30.1 Å². The van der Waals surface area contributed by atoms with Crippen molar-refractivity contribution in [1.82, 2.24) is 0 Å². The van der Waals surface area contributed by atoms with E-state index in [0.29, 0.717) is 5.56 Å². The topological polar surface area (TPSA) is 49.3 Å². The Morgan fingerprint density at radius 2 is 2.11 bits per heavy atom. The van der Waals surface area contributed by atoms with Gasteiger partial charge in [0, 0.05) is 17.1 Å². The summed E-state index contributed by atoms with van der Waals surface area (Å²) < 4.78 is 0. The molecular formula is C13H19NO2S2. The Bertz CT molecular complexity index is 397. The number of anilines is 1. The summed E-state index contributed by atoms with van der Waals surface area (Å²) >= 11 is 3.30. The number of nitrogens with one attached hydrogen (secondary N) is 1. The fourth-order valence-corrected chi connectivity index (χ4v) is 2.77. The van der Waals surface area contributed by atoms with E-state index in [1.807, 2.05) is 36.2 Å². The van der Waals surface area contributed by atoms with Gasteiger partial charge < -0.3 is 10.4 Å². The number of thioether (sulfide) groups is 2. The molecule has 0 saturated heterocycles. The molecule has 0 heterocycles. The van der Waals surface area contributed by atoms with Crippen LogP contribution in [-0.2, 0) is 0 Å². The maximum absolute atomic E-state index is 11.3. The number of carbonyl (C=O) groups is 1. The van der Waals surface area contributed by atoms with Crippen LogP contribution in [0.3, 0.4) is 0 Å². The summed E-state index contributed by atoms with van der Waals surface area (Å²) in [7, 11) is 0. The molecule has 0 radical (unpaired) electrons. The van der Waals surface area contributed by atoms with Gasteiger partial charge >= 0.3 is 5.97 Å². The Hall–Kier alpha value is -0.810. The standard InChI is InChI=1S/C13H19NO2S2/c1-17-9-4-3-8-14-10-6-5-7-11(18-2)12(10)13(15)16/h5-7,14H,3-4,8-9H2,1-2H3,(H,15,16).